The molecule has 5 heteroatoms. The summed E-state index contributed by atoms with van der Waals surface area (Å²) >= 11 is 0. The Morgan fingerprint density at radius 1 is 1.29 bits per heavy atom. The molecule has 0 bridgehead atoms. The highest BCUT2D eigenvalue weighted by Gasteiger charge is 2.22. The zero-order valence-electron chi connectivity index (χ0n) is 13.5. The number of carboxylic acids is 1. The summed E-state index contributed by atoms with van der Waals surface area (Å²) in [5.74, 6) is -0.544. The molecule has 0 saturated heterocycles. The van der Waals surface area contributed by atoms with Crippen LogP contribution in [0.1, 0.15) is 46.5 Å². The number of likely N-dealkylation sites (N-methyl/N-ethyl adjacent to an activating group) is 1. The molecule has 0 spiro atoms. The number of carboxylic acid groups (broad SMARTS) is 1. The van der Waals surface area contributed by atoms with Gasteiger partial charge in [0.05, 0.1) is 13.1 Å². The Labute approximate surface area is 127 Å². The quantitative estimate of drug-likeness (QED) is 0.747. The van der Waals surface area contributed by atoms with Crippen molar-refractivity contribution < 1.29 is 14.7 Å². The number of amides is 1. The van der Waals surface area contributed by atoms with Crippen molar-refractivity contribution >= 4 is 11.9 Å². The number of carbonyl (C=O) groups excluding carboxylic acids is 1. The van der Waals surface area contributed by atoms with Gasteiger partial charge in [-0.3, -0.25) is 14.5 Å². The van der Waals surface area contributed by atoms with Gasteiger partial charge < -0.3 is 10.0 Å². The zero-order valence-corrected chi connectivity index (χ0v) is 13.5. The van der Waals surface area contributed by atoms with E-state index in [1.807, 2.05) is 25.7 Å². The standard InChI is InChI=1S/C16H28N2O3/c1-4-18(14-8-6-5-7-9-14)15(19)11-17(10-13(2)3)12-16(20)21/h8,13H,4-7,9-12H2,1-3H3,(H,20,21). The Bertz CT molecular complexity index is 391. The fourth-order valence-electron chi connectivity index (χ4n) is 2.78. The molecule has 0 fully saturated rings. The van der Waals surface area contributed by atoms with E-state index >= 15 is 0 Å². The normalized spacial score (nSPS) is 15.2. The fourth-order valence-corrected chi connectivity index (χ4v) is 2.78. The zero-order chi connectivity index (χ0) is 15.8. The summed E-state index contributed by atoms with van der Waals surface area (Å²) in [6.07, 6.45) is 6.44. The van der Waals surface area contributed by atoms with E-state index in [0.29, 0.717) is 19.0 Å². The molecule has 0 aliphatic heterocycles. The monoisotopic (exact) mass is 296 g/mol. The number of allylic oxidation sites excluding steroid dienone is 2. The molecule has 1 aliphatic carbocycles. The molecule has 0 saturated carbocycles. The van der Waals surface area contributed by atoms with E-state index in [4.69, 9.17) is 5.11 Å². The lowest BCUT2D eigenvalue weighted by Gasteiger charge is -2.29. The highest BCUT2D eigenvalue weighted by Crippen LogP contribution is 2.21. The summed E-state index contributed by atoms with van der Waals surface area (Å²) in [5, 5.41) is 8.98. The van der Waals surface area contributed by atoms with Crippen LogP contribution in [0.2, 0.25) is 0 Å². The molecule has 0 aromatic rings. The van der Waals surface area contributed by atoms with Crippen LogP contribution in [0.5, 0.6) is 0 Å². The molecule has 0 unspecified atom stereocenters. The minimum absolute atomic E-state index is 0.00699. The van der Waals surface area contributed by atoms with E-state index in [0.717, 1.165) is 25.0 Å². The first kappa shape index (κ1) is 17.7. The maximum Gasteiger partial charge on any atom is 0.317 e. The van der Waals surface area contributed by atoms with E-state index in [-0.39, 0.29) is 19.0 Å². The summed E-state index contributed by atoms with van der Waals surface area (Å²) in [6.45, 7) is 7.39. The average Bonchev–Trinajstić information content (AvgIpc) is 2.39. The Hall–Kier alpha value is -1.36. The van der Waals surface area contributed by atoms with Crippen molar-refractivity contribution in [1.29, 1.82) is 0 Å². The van der Waals surface area contributed by atoms with Crippen molar-refractivity contribution in [1.82, 2.24) is 9.80 Å². The fraction of sp³-hybridized carbons (Fsp3) is 0.750. The number of aliphatic carboxylic acids is 1. The number of carbonyl (C=O) groups is 2. The molecule has 1 rings (SSSR count). The third-order valence-corrected chi connectivity index (χ3v) is 3.57. The van der Waals surface area contributed by atoms with Crippen LogP contribution in [0.4, 0.5) is 0 Å². The van der Waals surface area contributed by atoms with Crippen LogP contribution < -0.4 is 0 Å². The lowest BCUT2D eigenvalue weighted by Crippen LogP contribution is -2.43. The number of rotatable bonds is 8. The van der Waals surface area contributed by atoms with E-state index in [1.165, 1.54) is 6.42 Å². The van der Waals surface area contributed by atoms with Crippen molar-refractivity contribution in [2.24, 2.45) is 5.92 Å². The molecule has 0 heterocycles. The van der Waals surface area contributed by atoms with Gasteiger partial charge in [0.2, 0.25) is 5.91 Å². The van der Waals surface area contributed by atoms with Gasteiger partial charge in [0, 0.05) is 18.8 Å². The van der Waals surface area contributed by atoms with Crippen LogP contribution in [0.25, 0.3) is 0 Å². The van der Waals surface area contributed by atoms with Crippen molar-refractivity contribution in [3.63, 3.8) is 0 Å². The summed E-state index contributed by atoms with van der Waals surface area (Å²) in [5.41, 5.74) is 1.11. The lowest BCUT2D eigenvalue weighted by atomic mass is 10.0. The molecule has 0 aromatic heterocycles. The molecule has 1 amide bonds. The first-order valence-electron chi connectivity index (χ1n) is 7.87. The summed E-state index contributed by atoms with van der Waals surface area (Å²) in [4.78, 5) is 27.0. The van der Waals surface area contributed by atoms with E-state index in [9.17, 15) is 9.59 Å². The van der Waals surface area contributed by atoms with Crippen molar-refractivity contribution in [2.75, 3.05) is 26.2 Å². The summed E-state index contributed by atoms with van der Waals surface area (Å²) in [6, 6.07) is 0. The van der Waals surface area contributed by atoms with Crippen LogP contribution >= 0.6 is 0 Å². The maximum absolute atomic E-state index is 12.5. The number of hydrogen-bond donors (Lipinski definition) is 1. The van der Waals surface area contributed by atoms with Gasteiger partial charge >= 0.3 is 5.97 Å². The molecular formula is C16H28N2O3. The Balaban J connectivity index is 2.68. The number of hydrogen-bond acceptors (Lipinski definition) is 3. The van der Waals surface area contributed by atoms with Crippen molar-refractivity contribution in [3.05, 3.63) is 11.8 Å². The number of nitrogens with zero attached hydrogens (tertiary/aromatic N) is 2. The average molecular weight is 296 g/mol. The third kappa shape index (κ3) is 6.29. The third-order valence-electron chi connectivity index (χ3n) is 3.57. The minimum atomic E-state index is -0.886. The molecule has 5 nitrogen and oxygen atoms in total. The second-order valence-electron chi connectivity index (χ2n) is 6.04. The predicted molar refractivity (Wildman–Crippen MR) is 82.9 cm³/mol. The van der Waals surface area contributed by atoms with Gasteiger partial charge in [-0.2, -0.15) is 0 Å². The highest BCUT2D eigenvalue weighted by molar-refractivity contribution is 5.80. The van der Waals surface area contributed by atoms with Gasteiger partial charge in [0.15, 0.2) is 0 Å². The Morgan fingerprint density at radius 2 is 2.00 bits per heavy atom. The first-order valence-corrected chi connectivity index (χ1v) is 7.87. The van der Waals surface area contributed by atoms with Crippen LogP contribution in [-0.4, -0.2) is 53.0 Å². The van der Waals surface area contributed by atoms with Crippen LogP contribution in [0.15, 0.2) is 11.8 Å². The molecule has 21 heavy (non-hydrogen) atoms. The van der Waals surface area contributed by atoms with E-state index in [2.05, 4.69) is 6.08 Å². The molecule has 0 atom stereocenters. The van der Waals surface area contributed by atoms with Gasteiger partial charge in [-0.25, -0.2) is 0 Å². The van der Waals surface area contributed by atoms with Crippen LogP contribution in [0, 0.1) is 5.92 Å². The topological polar surface area (TPSA) is 60.9 Å². The Morgan fingerprint density at radius 3 is 2.48 bits per heavy atom. The molecule has 0 aromatic carbocycles. The highest BCUT2D eigenvalue weighted by atomic mass is 16.4. The molecular weight excluding hydrogens is 268 g/mol. The second-order valence-corrected chi connectivity index (χ2v) is 6.04. The lowest BCUT2D eigenvalue weighted by molar-refractivity contribution is -0.139. The molecule has 1 N–H and O–H groups in total. The van der Waals surface area contributed by atoms with Crippen molar-refractivity contribution in [2.45, 2.75) is 46.5 Å². The largest absolute Gasteiger partial charge is 0.480 e. The van der Waals surface area contributed by atoms with Gasteiger partial charge in [0.1, 0.15) is 0 Å². The van der Waals surface area contributed by atoms with Gasteiger partial charge in [0.25, 0.3) is 0 Å². The Kier molecular flexibility index (Phi) is 7.43. The first-order chi connectivity index (χ1) is 9.93. The van der Waals surface area contributed by atoms with Crippen LogP contribution in [0.3, 0.4) is 0 Å². The summed E-state index contributed by atoms with van der Waals surface area (Å²) < 4.78 is 0. The minimum Gasteiger partial charge on any atom is -0.480 e. The second kappa shape index (κ2) is 8.82. The van der Waals surface area contributed by atoms with Crippen molar-refractivity contribution in [3.8, 4) is 0 Å². The van der Waals surface area contributed by atoms with E-state index < -0.39 is 5.97 Å². The smallest absolute Gasteiger partial charge is 0.317 e. The maximum atomic E-state index is 12.5. The summed E-state index contributed by atoms with van der Waals surface area (Å²) in [7, 11) is 0. The van der Waals surface area contributed by atoms with Gasteiger partial charge in [-0.1, -0.05) is 19.9 Å². The van der Waals surface area contributed by atoms with Gasteiger partial charge in [-0.15, -0.1) is 0 Å². The van der Waals surface area contributed by atoms with E-state index in [1.54, 1.807) is 4.90 Å². The van der Waals surface area contributed by atoms with Crippen LogP contribution in [-0.2, 0) is 9.59 Å². The molecule has 120 valence electrons. The molecule has 0 radical (unpaired) electrons. The molecule has 1 aliphatic rings. The predicted octanol–water partition coefficient (Wildman–Crippen LogP) is 2.34. The SMILES string of the molecule is CCN(C(=O)CN(CC(=O)O)CC(C)C)C1=CCCCC1. The van der Waals surface area contributed by atoms with Gasteiger partial charge in [-0.05, 0) is 38.5 Å².